The van der Waals surface area contributed by atoms with Gasteiger partial charge in [-0.25, -0.2) is 0 Å². The van der Waals surface area contributed by atoms with E-state index in [1.807, 2.05) is 38.1 Å². The molecule has 1 aliphatic rings. The van der Waals surface area contributed by atoms with Gasteiger partial charge in [-0.2, -0.15) is 0 Å². The smallest absolute Gasteiger partial charge is 0.153 e. The number of hydrogen-bond acceptors (Lipinski definition) is 2. The van der Waals surface area contributed by atoms with Crippen LogP contribution >= 0.6 is 11.6 Å². The lowest BCUT2D eigenvalue weighted by molar-refractivity contribution is -0.123. The largest absolute Gasteiger partial charge is 0.298 e. The maximum absolute atomic E-state index is 11.7. The van der Waals surface area contributed by atoms with Crippen molar-refractivity contribution in [3.63, 3.8) is 0 Å². The minimum absolute atomic E-state index is 0.328. The number of halogens is 1. The van der Waals surface area contributed by atoms with Crippen LogP contribution in [0.5, 0.6) is 0 Å². The molecule has 0 bridgehead atoms. The second-order valence-corrected chi connectivity index (χ2v) is 5.22. The molecular formula is C13H16ClNO. The fourth-order valence-corrected chi connectivity index (χ4v) is 2.34. The molecule has 1 aliphatic heterocycles. The Morgan fingerprint density at radius 3 is 2.75 bits per heavy atom. The van der Waals surface area contributed by atoms with Gasteiger partial charge in [-0.05, 0) is 31.5 Å². The quantitative estimate of drug-likeness (QED) is 0.789. The highest BCUT2D eigenvalue weighted by atomic mass is 35.5. The molecule has 16 heavy (non-hydrogen) atoms. The van der Waals surface area contributed by atoms with Crippen LogP contribution in [-0.4, -0.2) is 22.8 Å². The minimum atomic E-state index is -0.331. The van der Waals surface area contributed by atoms with Crippen molar-refractivity contribution in [2.24, 2.45) is 0 Å². The molecule has 2 nitrogen and oxygen atoms in total. The number of carbonyl (C=O) groups is 1. The zero-order valence-corrected chi connectivity index (χ0v) is 10.4. The van der Waals surface area contributed by atoms with E-state index in [0.29, 0.717) is 12.2 Å². The van der Waals surface area contributed by atoms with Crippen LogP contribution in [0.15, 0.2) is 24.3 Å². The Hall–Kier alpha value is -0.860. The number of benzene rings is 1. The SMILES string of the molecule is CC1(C)C(=O)CCN1Cc1cccc(Cl)c1. The van der Waals surface area contributed by atoms with Crippen molar-refractivity contribution in [1.82, 2.24) is 4.90 Å². The highest BCUT2D eigenvalue weighted by molar-refractivity contribution is 6.30. The minimum Gasteiger partial charge on any atom is -0.298 e. The number of Topliss-reactive ketones (excluding diaryl/α,β-unsaturated/α-hetero) is 1. The van der Waals surface area contributed by atoms with Gasteiger partial charge in [-0.1, -0.05) is 23.7 Å². The van der Waals surface area contributed by atoms with Gasteiger partial charge in [-0.15, -0.1) is 0 Å². The number of likely N-dealkylation sites (tertiary alicyclic amines) is 1. The summed E-state index contributed by atoms with van der Waals surface area (Å²) < 4.78 is 0. The Morgan fingerprint density at radius 1 is 1.44 bits per heavy atom. The van der Waals surface area contributed by atoms with E-state index in [4.69, 9.17) is 11.6 Å². The van der Waals surface area contributed by atoms with Crippen LogP contribution in [0.4, 0.5) is 0 Å². The van der Waals surface area contributed by atoms with Crippen molar-refractivity contribution in [3.8, 4) is 0 Å². The topological polar surface area (TPSA) is 20.3 Å². The van der Waals surface area contributed by atoms with Crippen molar-refractivity contribution < 1.29 is 4.79 Å². The molecule has 0 aliphatic carbocycles. The van der Waals surface area contributed by atoms with Crippen molar-refractivity contribution >= 4 is 17.4 Å². The molecule has 0 spiro atoms. The molecule has 1 heterocycles. The molecule has 0 atom stereocenters. The summed E-state index contributed by atoms with van der Waals surface area (Å²) >= 11 is 5.94. The van der Waals surface area contributed by atoms with Gasteiger partial charge in [0.05, 0.1) is 5.54 Å². The Balaban J connectivity index is 2.14. The number of hydrogen-bond donors (Lipinski definition) is 0. The van der Waals surface area contributed by atoms with Crippen LogP contribution < -0.4 is 0 Å². The monoisotopic (exact) mass is 237 g/mol. The fourth-order valence-electron chi connectivity index (χ4n) is 2.13. The maximum Gasteiger partial charge on any atom is 0.153 e. The zero-order chi connectivity index (χ0) is 11.8. The average Bonchev–Trinajstić information content (AvgIpc) is 2.45. The van der Waals surface area contributed by atoms with Crippen LogP contribution in [0.2, 0.25) is 5.02 Å². The molecule has 0 N–H and O–H groups in total. The van der Waals surface area contributed by atoms with E-state index in [9.17, 15) is 4.79 Å². The predicted octanol–water partition coefficient (Wildman–Crippen LogP) is 2.89. The molecule has 0 saturated carbocycles. The third kappa shape index (κ3) is 2.13. The van der Waals surface area contributed by atoms with Gasteiger partial charge in [0.1, 0.15) is 0 Å². The number of carbonyl (C=O) groups excluding carboxylic acids is 1. The first-order valence-electron chi connectivity index (χ1n) is 5.53. The molecule has 3 heteroatoms. The van der Waals surface area contributed by atoms with E-state index < -0.39 is 0 Å². The van der Waals surface area contributed by atoms with Crippen molar-refractivity contribution in [2.45, 2.75) is 32.4 Å². The normalized spacial score (nSPS) is 20.3. The average molecular weight is 238 g/mol. The van der Waals surface area contributed by atoms with Crippen molar-refractivity contribution in [1.29, 1.82) is 0 Å². The summed E-state index contributed by atoms with van der Waals surface area (Å²) in [7, 11) is 0. The predicted molar refractivity (Wildman–Crippen MR) is 65.6 cm³/mol. The summed E-state index contributed by atoms with van der Waals surface area (Å²) in [5, 5.41) is 0.751. The third-order valence-corrected chi connectivity index (χ3v) is 3.58. The number of nitrogens with zero attached hydrogens (tertiary/aromatic N) is 1. The van der Waals surface area contributed by atoms with E-state index in [2.05, 4.69) is 4.90 Å². The summed E-state index contributed by atoms with van der Waals surface area (Å²) in [4.78, 5) is 13.9. The first kappa shape index (κ1) is 11.6. The molecule has 1 aromatic rings. The van der Waals surface area contributed by atoms with E-state index in [1.165, 1.54) is 0 Å². The zero-order valence-electron chi connectivity index (χ0n) is 9.66. The van der Waals surface area contributed by atoms with E-state index in [0.717, 1.165) is 23.7 Å². The van der Waals surface area contributed by atoms with Gasteiger partial charge in [0.2, 0.25) is 0 Å². The van der Waals surface area contributed by atoms with Gasteiger partial charge < -0.3 is 0 Å². The maximum atomic E-state index is 11.7. The Bertz CT molecular complexity index is 414. The fraction of sp³-hybridized carbons (Fsp3) is 0.462. The second-order valence-electron chi connectivity index (χ2n) is 4.78. The number of ketones is 1. The van der Waals surface area contributed by atoms with E-state index in [1.54, 1.807) is 0 Å². The van der Waals surface area contributed by atoms with Crippen LogP contribution in [0.1, 0.15) is 25.8 Å². The second kappa shape index (κ2) is 4.19. The Kier molecular flexibility index (Phi) is 3.04. The summed E-state index contributed by atoms with van der Waals surface area (Å²) in [5.41, 5.74) is 0.831. The van der Waals surface area contributed by atoms with Crippen LogP contribution in [0, 0.1) is 0 Å². The van der Waals surface area contributed by atoms with E-state index >= 15 is 0 Å². The summed E-state index contributed by atoms with van der Waals surface area (Å²) in [5.74, 6) is 0.328. The molecule has 1 aromatic carbocycles. The first-order chi connectivity index (χ1) is 7.50. The lowest BCUT2D eigenvalue weighted by Gasteiger charge is -2.29. The highest BCUT2D eigenvalue weighted by Crippen LogP contribution is 2.27. The van der Waals surface area contributed by atoms with Crippen molar-refractivity contribution in [3.05, 3.63) is 34.9 Å². The molecule has 0 unspecified atom stereocenters. The van der Waals surface area contributed by atoms with Crippen LogP contribution in [-0.2, 0) is 11.3 Å². The molecule has 0 amide bonds. The molecule has 86 valence electrons. The van der Waals surface area contributed by atoms with Gasteiger partial charge in [-0.3, -0.25) is 9.69 Å². The van der Waals surface area contributed by atoms with Crippen molar-refractivity contribution in [2.75, 3.05) is 6.54 Å². The standard InChI is InChI=1S/C13H16ClNO/c1-13(2)12(16)6-7-15(13)9-10-4-3-5-11(14)8-10/h3-5,8H,6-7,9H2,1-2H3. The molecule has 1 fully saturated rings. The lowest BCUT2D eigenvalue weighted by atomic mass is 10.00. The summed E-state index contributed by atoms with van der Waals surface area (Å²) in [6.07, 6.45) is 0.660. The lowest BCUT2D eigenvalue weighted by Crippen LogP contribution is -2.42. The van der Waals surface area contributed by atoms with E-state index in [-0.39, 0.29) is 5.54 Å². The van der Waals surface area contributed by atoms with Gasteiger partial charge >= 0.3 is 0 Å². The third-order valence-electron chi connectivity index (χ3n) is 3.34. The van der Waals surface area contributed by atoms with Gasteiger partial charge in [0.15, 0.2) is 5.78 Å². The Morgan fingerprint density at radius 2 is 2.19 bits per heavy atom. The number of rotatable bonds is 2. The first-order valence-corrected chi connectivity index (χ1v) is 5.91. The molecular weight excluding hydrogens is 222 g/mol. The summed E-state index contributed by atoms with van der Waals surface area (Å²) in [6, 6.07) is 7.82. The van der Waals surface area contributed by atoms with Gasteiger partial charge in [0, 0.05) is 24.5 Å². The molecule has 1 saturated heterocycles. The van der Waals surface area contributed by atoms with Crippen LogP contribution in [0.3, 0.4) is 0 Å². The van der Waals surface area contributed by atoms with Crippen LogP contribution in [0.25, 0.3) is 0 Å². The molecule has 0 aromatic heterocycles. The Labute approximate surface area is 101 Å². The highest BCUT2D eigenvalue weighted by Gasteiger charge is 2.39. The van der Waals surface area contributed by atoms with Gasteiger partial charge in [0.25, 0.3) is 0 Å². The molecule has 2 rings (SSSR count). The molecule has 0 radical (unpaired) electrons. The summed E-state index contributed by atoms with van der Waals surface area (Å²) in [6.45, 7) is 5.62.